The molecule has 1 heterocycles. The zero-order valence-corrected chi connectivity index (χ0v) is 32.1. The predicted molar refractivity (Wildman–Crippen MR) is 212 cm³/mol. The number of rotatable bonds is 36. The molecule has 0 unspecified atom stereocenters. The van der Waals surface area contributed by atoms with E-state index in [4.69, 9.17) is 4.98 Å². The number of H-pyrrole nitrogens is 1. The van der Waals surface area contributed by atoms with Crippen molar-refractivity contribution >= 4 is 11.0 Å². The van der Waals surface area contributed by atoms with Crippen LogP contribution in [0.3, 0.4) is 0 Å². The van der Waals surface area contributed by atoms with Crippen LogP contribution in [0.4, 0.5) is 0 Å². The van der Waals surface area contributed by atoms with Gasteiger partial charge in [-0.05, 0) is 37.0 Å². The van der Waals surface area contributed by atoms with E-state index >= 15 is 0 Å². The van der Waals surface area contributed by atoms with Gasteiger partial charge < -0.3 is 4.98 Å². The van der Waals surface area contributed by atoms with E-state index in [1.807, 2.05) is 0 Å². The number of hydrogen-bond acceptors (Lipinski definition) is 1. The quantitative estimate of drug-likeness (QED) is 0.0730. The number of benzene rings is 1. The highest BCUT2D eigenvalue weighted by Crippen LogP contribution is 2.19. The Bertz CT molecular complexity index is 878. The molecule has 2 rings (SSSR count). The molecule has 1 aromatic carbocycles. The second-order valence-electron chi connectivity index (χ2n) is 15.3. The molecule has 2 nitrogen and oxygen atoms in total. The topological polar surface area (TPSA) is 28.7 Å². The molecule has 1 aromatic heterocycles. The molecule has 0 aliphatic carbocycles. The number of hydrogen-bond donors (Lipinski definition) is 1. The Labute approximate surface area is 294 Å². The third-order valence-electron chi connectivity index (χ3n) is 10.7. The van der Waals surface area contributed by atoms with Crippen molar-refractivity contribution in [3.8, 4) is 0 Å². The van der Waals surface area contributed by atoms with Gasteiger partial charge in [0, 0.05) is 6.42 Å². The zero-order valence-electron chi connectivity index (χ0n) is 32.1. The van der Waals surface area contributed by atoms with Crippen molar-refractivity contribution in [3.05, 3.63) is 29.6 Å². The molecule has 47 heavy (non-hydrogen) atoms. The number of nitrogens with one attached hydrogen (secondary N) is 1. The molecule has 0 saturated heterocycles. The minimum absolute atomic E-state index is 1.10. The Morgan fingerprint density at radius 2 is 0.702 bits per heavy atom. The fraction of sp³-hybridized carbons (Fsp3) is 0.844. The Morgan fingerprint density at radius 1 is 0.383 bits per heavy atom. The van der Waals surface area contributed by atoms with Gasteiger partial charge in [0.1, 0.15) is 5.82 Å². The van der Waals surface area contributed by atoms with E-state index in [0.717, 1.165) is 11.9 Å². The third-order valence-corrected chi connectivity index (χ3v) is 10.7. The van der Waals surface area contributed by atoms with Crippen LogP contribution in [-0.4, -0.2) is 9.97 Å². The number of aromatic amines is 1. The second-order valence-corrected chi connectivity index (χ2v) is 15.3. The van der Waals surface area contributed by atoms with Crippen LogP contribution >= 0.6 is 0 Å². The first-order chi connectivity index (χ1) is 23.3. The van der Waals surface area contributed by atoms with E-state index in [1.54, 1.807) is 0 Å². The van der Waals surface area contributed by atoms with Crippen molar-refractivity contribution in [2.45, 2.75) is 245 Å². The smallest absolute Gasteiger partial charge is 0.107 e. The van der Waals surface area contributed by atoms with Gasteiger partial charge in [-0.15, -0.1) is 0 Å². The maximum atomic E-state index is 4.89. The normalized spacial score (nSPS) is 11.7. The monoisotopic (exact) mass is 651 g/mol. The summed E-state index contributed by atoms with van der Waals surface area (Å²) in [6, 6.07) is 6.93. The van der Waals surface area contributed by atoms with Crippen molar-refractivity contribution in [1.29, 1.82) is 0 Å². The molecular weight excluding hydrogens is 569 g/mol. The average molecular weight is 651 g/mol. The highest BCUT2D eigenvalue weighted by Gasteiger charge is 2.05. The molecule has 0 radical (unpaired) electrons. The van der Waals surface area contributed by atoms with Crippen LogP contribution in [0.1, 0.15) is 244 Å². The summed E-state index contributed by atoms with van der Waals surface area (Å²) in [4.78, 5) is 8.53. The molecule has 0 spiro atoms. The summed E-state index contributed by atoms with van der Waals surface area (Å²) in [5, 5.41) is 0. The van der Waals surface area contributed by atoms with Crippen LogP contribution in [0.5, 0.6) is 0 Å². The number of imidazole rings is 1. The lowest BCUT2D eigenvalue weighted by Gasteiger charge is -2.04. The van der Waals surface area contributed by atoms with E-state index in [1.165, 1.54) is 242 Å². The molecule has 0 aliphatic rings. The number of fused-ring (bicyclic) bond motifs is 1. The lowest BCUT2D eigenvalue weighted by atomic mass is 10.0. The summed E-state index contributed by atoms with van der Waals surface area (Å²) >= 11 is 0. The number of nitrogens with zero attached hydrogens (tertiary/aromatic N) is 1. The van der Waals surface area contributed by atoms with Crippen molar-refractivity contribution < 1.29 is 0 Å². The molecule has 0 fully saturated rings. The Kier molecular flexibility index (Phi) is 28.4. The summed E-state index contributed by atoms with van der Waals surface area (Å²) in [5.74, 6) is 1.19. The van der Waals surface area contributed by atoms with Gasteiger partial charge in [0.05, 0.1) is 11.0 Å². The van der Waals surface area contributed by atoms with Crippen LogP contribution in [-0.2, 0) is 12.8 Å². The number of unbranched alkanes of at least 4 members (excludes halogenated alkanes) is 32. The SMILES string of the molecule is CCCCCCCCCCCCCCCCCCCc1ccc2nc(CCCCCCCCCCCCCCCCCCC)[nH]c2c1. The summed E-state index contributed by atoms with van der Waals surface area (Å²) in [6.07, 6.45) is 51.0. The second kappa shape index (κ2) is 31.9. The van der Waals surface area contributed by atoms with E-state index in [-0.39, 0.29) is 0 Å². The van der Waals surface area contributed by atoms with Crippen molar-refractivity contribution in [3.63, 3.8) is 0 Å². The third kappa shape index (κ3) is 24.5. The molecule has 0 amide bonds. The molecule has 272 valence electrons. The Balaban J connectivity index is 1.36. The fourth-order valence-electron chi connectivity index (χ4n) is 7.45. The molecule has 2 heteroatoms. The summed E-state index contributed by atoms with van der Waals surface area (Å²) in [7, 11) is 0. The highest BCUT2D eigenvalue weighted by atomic mass is 14.9. The highest BCUT2D eigenvalue weighted by molar-refractivity contribution is 5.75. The van der Waals surface area contributed by atoms with Crippen molar-refractivity contribution in [2.24, 2.45) is 0 Å². The van der Waals surface area contributed by atoms with Gasteiger partial charge in [-0.3, -0.25) is 0 Å². The molecule has 0 atom stereocenters. The fourth-order valence-corrected chi connectivity index (χ4v) is 7.45. The van der Waals surface area contributed by atoms with E-state index < -0.39 is 0 Å². The van der Waals surface area contributed by atoms with Gasteiger partial charge in [-0.25, -0.2) is 4.98 Å². The summed E-state index contributed by atoms with van der Waals surface area (Å²) in [6.45, 7) is 4.61. The number of aromatic nitrogens is 2. The molecule has 1 N–H and O–H groups in total. The van der Waals surface area contributed by atoms with E-state index in [0.29, 0.717) is 0 Å². The van der Waals surface area contributed by atoms with Crippen LogP contribution < -0.4 is 0 Å². The van der Waals surface area contributed by atoms with E-state index in [2.05, 4.69) is 37.0 Å². The maximum Gasteiger partial charge on any atom is 0.107 e. The Morgan fingerprint density at radius 3 is 1.06 bits per heavy atom. The molecule has 2 aromatic rings. The van der Waals surface area contributed by atoms with Crippen molar-refractivity contribution in [2.75, 3.05) is 0 Å². The maximum absolute atomic E-state index is 4.89. The van der Waals surface area contributed by atoms with Crippen LogP contribution in [0.15, 0.2) is 18.2 Å². The predicted octanol–water partition coefficient (Wildman–Crippen LogP) is 16.0. The largest absolute Gasteiger partial charge is 0.342 e. The first kappa shape index (κ1) is 41.9. The zero-order chi connectivity index (χ0) is 33.3. The first-order valence-corrected chi connectivity index (χ1v) is 21.8. The first-order valence-electron chi connectivity index (χ1n) is 21.8. The van der Waals surface area contributed by atoms with Crippen LogP contribution in [0, 0.1) is 0 Å². The minimum Gasteiger partial charge on any atom is -0.342 e. The van der Waals surface area contributed by atoms with Gasteiger partial charge in [-0.1, -0.05) is 225 Å². The minimum atomic E-state index is 1.10. The molecule has 0 aliphatic heterocycles. The van der Waals surface area contributed by atoms with Gasteiger partial charge in [0.2, 0.25) is 0 Å². The van der Waals surface area contributed by atoms with Gasteiger partial charge >= 0.3 is 0 Å². The van der Waals surface area contributed by atoms with Gasteiger partial charge in [-0.2, -0.15) is 0 Å². The van der Waals surface area contributed by atoms with Crippen LogP contribution in [0.2, 0.25) is 0 Å². The van der Waals surface area contributed by atoms with Crippen molar-refractivity contribution in [1.82, 2.24) is 9.97 Å². The summed E-state index contributed by atoms with van der Waals surface area (Å²) < 4.78 is 0. The summed E-state index contributed by atoms with van der Waals surface area (Å²) in [5.41, 5.74) is 3.88. The van der Waals surface area contributed by atoms with Crippen LogP contribution in [0.25, 0.3) is 11.0 Å². The van der Waals surface area contributed by atoms with Gasteiger partial charge in [0.25, 0.3) is 0 Å². The lowest BCUT2D eigenvalue weighted by molar-refractivity contribution is 0.526. The molecule has 0 saturated carbocycles. The van der Waals surface area contributed by atoms with E-state index in [9.17, 15) is 0 Å². The average Bonchev–Trinajstić information content (AvgIpc) is 3.49. The molecule has 0 bridgehead atoms. The standard InChI is InChI=1S/C45H82N2/c1-3-5-7-9-11-13-15-17-19-21-23-25-27-29-31-33-35-37-42-39-40-43-44(41-42)47-45(46-43)38-36-34-32-30-28-26-24-22-20-18-16-14-12-10-8-6-4-2/h39-41H,3-38H2,1-2H3,(H,46,47). The lowest BCUT2D eigenvalue weighted by Crippen LogP contribution is -1.89. The number of aryl methyl sites for hydroxylation is 2. The molecular formula is C45H82N2. The Hall–Kier alpha value is -1.31. The van der Waals surface area contributed by atoms with Gasteiger partial charge in [0.15, 0.2) is 0 Å².